The molecule has 0 aliphatic carbocycles. The summed E-state index contributed by atoms with van der Waals surface area (Å²) in [6.07, 6.45) is 0. The number of fused-ring (bicyclic) bond motifs is 1. The number of nitrogens with zero attached hydrogens (tertiary/aromatic N) is 3. The maximum atomic E-state index is 12.0. The normalized spacial score (nSPS) is 10.7. The van der Waals surface area contributed by atoms with Crippen LogP contribution in [0.1, 0.15) is 10.8 Å². The zero-order valence-corrected chi connectivity index (χ0v) is 12.0. The molecule has 3 rings (SSSR count). The van der Waals surface area contributed by atoms with Crippen LogP contribution >= 0.6 is 23.6 Å². The van der Waals surface area contributed by atoms with Gasteiger partial charge in [-0.05, 0) is 19.1 Å². The van der Waals surface area contributed by atoms with Crippen LogP contribution in [0.5, 0.6) is 0 Å². The van der Waals surface area contributed by atoms with Crippen molar-refractivity contribution in [3.63, 3.8) is 0 Å². The van der Waals surface area contributed by atoms with E-state index >= 15 is 0 Å². The SMILES string of the molecule is Cc1nnc(NC(=S)c2nc3ccccc3c(=O)[nH]2)s1. The Morgan fingerprint density at radius 1 is 1.35 bits per heavy atom. The van der Waals surface area contributed by atoms with Gasteiger partial charge in [-0.25, -0.2) is 4.98 Å². The number of para-hydroxylation sites is 1. The highest BCUT2D eigenvalue weighted by Crippen LogP contribution is 2.15. The summed E-state index contributed by atoms with van der Waals surface area (Å²) in [5.41, 5.74) is 0.382. The number of benzene rings is 1. The molecule has 0 fully saturated rings. The van der Waals surface area contributed by atoms with Gasteiger partial charge in [-0.15, -0.1) is 10.2 Å². The second kappa shape index (κ2) is 5.06. The fourth-order valence-electron chi connectivity index (χ4n) is 1.70. The van der Waals surface area contributed by atoms with Crippen molar-refractivity contribution in [1.82, 2.24) is 20.2 Å². The van der Waals surface area contributed by atoms with Gasteiger partial charge in [0.2, 0.25) is 5.13 Å². The van der Waals surface area contributed by atoms with Gasteiger partial charge < -0.3 is 10.3 Å². The van der Waals surface area contributed by atoms with Crippen molar-refractivity contribution in [2.24, 2.45) is 0 Å². The van der Waals surface area contributed by atoms with Gasteiger partial charge >= 0.3 is 0 Å². The van der Waals surface area contributed by atoms with Gasteiger partial charge in [0.1, 0.15) is 10.00 Å². The molecule has 0 bridgehead atoms. The molecular formula is C12H9N5OS2. The number of thiocarbonyl (C=S) groups is 1. The number of aromatic nitrogens is 4. The average molecular weight is 303 g/mol. The van der Waals surface area contributed by atoms with Crippen LogP contribution in [0.2, 0.25) is 0 Å². The Morgan fingerprint density at radius 3 is 2.90 bits per heavy atom. The van der Waals surface area contributed by atoms with E-state index in [0.717, 1.165) is 5.01 Å². The standard InChI is InChI=1S/C12H9N5OS2/c1-6-16-17-12(20-6)15-11(19)9-13-8-5-3-2-4-7(8)10(18)14-9/h2-5H,1H3,(H,13,14,18)(H,15,17,19). The summed E-state index contributed by atoms with van der Waals surface area (Å²) in [4.78, 5) is 19.3. The topological polar surface area (TPSA) is 83.6 Å². The van der Waals surface area contributed by atoms with Gasteiger partial charge in [-0.1, -0.05) is 35.7 Å². The fraction of sp³-hybridized carbons (Fsp3) is 0.0833. The molecule has 2 aromatic heterocycles. The van der Waals surface area contributed by atoms with Crippen molar-refractivity contribution in [3.8, 4) is 0 Å². The molecule has 0 saturated heterocycles. The summed E-state index contributed by atoms with van der Waals surface area (Å²) in [7, 11) is 0. The molecule has 100 valence electrons. The summed E-state index contributed by atoms with van der Waals surface area (Å²) in [6, 6.07) is 7.10. The molecule has 0 radical (unpaired) electrons. The third kappa shape index (κ3) is 2.43. The minimum Gasteiger partial charge on any atom is -0.318 e. The van der Waals surface area contributed by atoms with Gasteiger partial charge in [-0.3, -0.25) is 4.79 Å². The number of rotatable bonds is 2. The van der Waals surface area contributed by atoms with Crippen molar-refractivity contribution < 1.29 is 0 Å². The van der Waals surface area contributed by atoms with Gasteiger partial charge in [0.05, 0.1) is 10.9 Å². The average Bonchev–Trinajstić information content (AvgIpc) is 2.84. The largest absolute Gasteiger partial charge is 0.318 e. The lowest BCUT2D eigenvalue weighted by Gasteiger charge is -2.04. The second-order valence-electron chi connectivity index (χ2n) is 4.01. The van der Waals surface area contributed by atoms with Crippen molar-refractivity contribution >= 4 is 44.6 Å². The van der Waals surface area contributed by atoms with E-state index in [1.165, 1.54) is 11.3 Å². The molecule has 2 heterocycles. The van der Waals surface area contributed by atoms with Crippen molar-refractivity contribution in [2.45, 2.75) is 6.92 Å². The van der Waals surface area contributed by atoms with E-state index in [1.54, 1.807) is 18.2 Å². The van der Waals surface area contributed by atoms with Crippen molar-refractivity contribution in [2.75, 3.05) is 5.32 Å². The molecule has 0 unspecified atom stereocenters. The molecule has 0 spiro atoms. The van der Waals surface area contributed by atoms with Crippen LogP contribution in [-0.2, 0) is 0 Å². The van der Waals surface area contributed by atoms with E-state index in [9.17, 15) is 4.79 Å². The van der Waals surface area contributed by atoms with E-state index in [2.05, 4.69) is 25.5 Å². The lowest BCUT2D eigenvalue weighted by Crippen LogP contribution is -2.20. The molecule has 0 saturated carbocycles. The third-order valence-corrected chi connectivity index (χ3v) is 3.62. The third-order valence-electron chi connectivity index (χ3n) is 2.57. The van der Waals surface area contributed by atoms with Crippen molar-refractivity contribution in [3.05, 3.63) is 45.5 Å². The van der Waals surface area contributed by atoms with Crippen LogP contribution < -0.4 is 10.9 Å². The highest BCUT2D eigenvalue weighted by molar-refractivity contribution is 7.81. The second-order valence-corrected chi connectivity index (χ2v) is 5.60. The van der Waals surface area contributed by atoms with Gasteiger partial charge in [0, 0.05) is 0 Å². The van der Waals surface area contributed by atoms with Crippen LogP contribution in [-0.4, -0.2) is 25.2 Å². The smallest absolute Gasteiger partial charge is 0.259 e. The number of hydrogen-bond acceptors (Lipinski definition) is 6. The van der Waals surface area contributed by atoms with Crippen molar-refractivity contribution in [1.29, 1.82) is 0 Å². The molecule has 0 atom stereocenters. The van der Waals surface area contributed by atoms with Gasteiger partial charge in [0.25, 0.3) is 5.56 Å². The maximum absolute atomic E-state index is 12.0. The summed E-state index contributed by atoms with van der Waals surface area (Å²) in [5.74, 6) is 0.316. The zero-order valence-electron chi connectivity index (χ0n) is 10.4. The molecule has 2 N–H and O–H groups in total. The number of nitrogens with one attached hydrogen (secondary N) is 2. The van der Waals surface area contributed by atoms with Crippen LogP contribution in [0.3, 0.4) is 0 Å². The molecule has 0 aliphatic rings. The predicted molar refractivity (Wildman–Crippen MR) is 82.3 cm³/mol. The number of aromatic amines is 1. The Labute approximate surface area is 122 Å². The summed E-state index contributed by atoms with van der Waals surface area (Å²) in [5, 5.41) is 12.7. The van der Waals surface area contributed by atoms with E-state index in [1.807, 2.05) is 13.0 Å². The monoisotopic (exact) mass is 303 g/mol. The maximum Gasteiger partial charge on any atom is 0.259 e. The summed E-state index contributed by atoms with van der Waals surface area (Å²) in [6.45, 7) is 1.85. The quantitative estimate of drug-likeness (QED) is 0.703. The number of anilines is 1. The molecule has 20 heavy (non-hydrogen) atoms. The molecular weight excluding hydrogens is 294 g/mol. The molecule has 3 aromatic rings. The molecule has 0 amide bonds. The Morgan fingerprint density at radius 2 is 2.15 bits per heavy atom. The van der Waals surface area contributed by atoms with E-state index in [4.69, 9.17) is 12.2 Å². The van der Waals surface area contributed by atoms with Crippen LogP contribution in [0, 0.1) is 6.92 Å². The first-order valence-corrected chi connectivity index (χ1v) is 6.96. The first-order valence-electron chi connectivity index (χ1n) is 5.74. The number of aryl methyl sites for hydroxylation is 1. The Hall–Kier alpha value is -2.19. The van der Waals surface area contributed by atoms with E-state index in [-0.39, 0.29) is 5.56 Å². The Balaban J connectivity index is 1.97. The first kappa shape index (κ1) is 12.8. The molecule has 0 aliphatic heterocycles. The lowest BCUT2D eigenvalue weighted by atomic mass is 10.2. The van der Waals surface area contributed by atoms with Crippen LogP contribution in [0.25, 0.3) is 10.9 Å². The highest BCUT2D eigenvalue weighted by atomic mass is 32.1. The first-order chi connectivity index (χ1) is 9.63. The van der Waals surface area contributed by atoms with Crippen LogP contribution in [0.4, 0.5) is 5.13 Å². The molecule has 1 aromatic carbocycles. The minimum atomic E-state index is -0.219. The number of H-pyrrole nitrogens is 1. The lowest BCUT2D eigenvalue weighted by molar-refractivity contribution is 1.05. The highest BCUT2D eigenvalue weighted by Gasteiger charge is 2.10. The molecule has 6 nitrogen and oxygen atoms in total. The van der Waals surface area contributed by atoms with E-state index in [0.29, 0.717) is 26.8 Å². The minimum absolute atomic E-state index is 0.219. The van der Waals surface area contributed by atoms with Gasteiger partial charge in [-0.2, -0.15) is 0 Å². The predicted octanol–water partition coefficient (Wildman–Crippen LogP) is 1.87. The zero-order chi connectivity index (χ0) is 14.1. The fourth-order valence-corrected chi connectivity index (χ4v) is 2.55. The number of hydrogen-bond donors (Lipinski definition) is 2. The summed E-state index contributed by atoms with van der Waals surface area (Å²) >= 11 is 6.61. The van der Waals surface area contributed by atoms with Gasteiger partial charge in [0.15, 0.2) is 5.82 Å². The Kier molecular flexibility index (Phi) is 3.25. The summed E-state index contributed by atoms with van der Waals surface area (Å²) < 4.78 is 0. The van der Waals surface area contributed by atoms with E-state index < -0.39 is 0 Å². The Bertz CT molecular complexity index is 854. The van der Waals surface area contributed by atoms with Crippen LogP contribution in [0.15, 0.2) is 29.1 Å². The molecule has 8 heteroatoms.